The fourth-order valence-corrected chi connectivity index (χ4v) is 1.50. The van der Waals surface area contributed by atoms with E-state index in [1.54, 1.807) is 24.3 Å². The summed E-state index contributed by atoms with van der Waals surface area (Å²) in [5.74, 6) is 0.798. The monoisotopic (exact) mass is 245 g/mol. The number of ether oxygens (including phenoxy) is 1. The van der Waals surface area contributed by atoms with Gasteiger partial charge in [-0.1, -0.05) is 11.6 Å². The number of aromatic nitrogens is 1. The molecule has 2 N–H and O–H groups in total. The predicted molar refractivity (Wildman–Crippen MR) is 64.9 cm³/mol. The van der Waals surface area contributed by atoms with Gasteiger partial charge in [-0.05, 0) is 24.3 Å². The van der Waals surface area contributed by atoms with E-state index in [9.17, 15) is 0 Å². The molecule has 0 spiro atoms. The molecule has 4 nitrogen and oxygen atoms in total. The van der Waals surface area contributed by atoms with Gasteiger partial charge in [0.15, 0.2) is 5.75 Å². The van der Waals surface area contributed by atoms with Gasteiger partial charge < -0.3 is 10.5 Å². The first-order valence-corrected chi connectivity index (χ1v) is 5.15. The van der Waals surface area contributed by atoms with Crippen LogP contribution in [0.15, 0.2) is 36.7 Å². The van der Waals surface area contributed by atoms with Crippen molar-refractivity contribution in [3.63, 3.8) is 0 Å². The molecule has 84 valence electrons. The Morgan fingerprint density at radius 1 is 1.29 bits per heavy atom. The Balaban J connectivity index is 2.35. The molecule has 0 radical (unpaired) electrons. The van der Waals surface area contributed by atoms with Crippen molar-refractivity contribution < 1.29 is 4.74 Å². The standard InChI is InChI=1S/C12H8ClN3O/c13-10-5-9(15)1-2-11(10)17-12-7-16-4-3-8(12)6-14/h1-5,7H,15H2. The van der Waals surface area contributed by atoms with Gasteiger partial charge in [0.2, 0.25) is 0 Å². The van der Waals surface area contributed by atoms with Crippen molar-refractivity contribution in [3.8, 4) is 17.6 Å². The summed E-state index contributed by atoms with van der Waals surface area (Å²) >= 11 is 5.97. The van der Waals surface area contributed by atoms with Gasteiger partial charge in [-0.3, -0.25) is 4.98 Å². The Morgan fingerprint density at radius 3 is 2.82 bits per heavy atom. The highest BCUT2D eigenvalue weighted by Gasteiger charge is 2.07. The number of rotatable bonds is 2. The summed E-state index contributed by atoms with van der Waals surface area (Å²) in [7, 11) is 0. The summed E-state index contributed by atoms with van der Waals surface area (Å²) in [4.78, 5) is 3.89. The summed E-state index contributed by atoms with van der Waals surface area (Å²) in [5.41, 5.74) is 6.52. The third-order valence-corrected chi connectivity index (χ3v) is 2.38. The van der Waals surface area contributed by atoms with E-state index in [0.717, 1.165) is 0 Å². The van der Waals surface area contributed by atoms with Crippen LogP contribution in [0.5, 0.6) is 11.5 Å². The molecule has 0 bridgehead atoms. The molecule has 1 heterocycles. The Hall–Kier alpha value is -2.25. The van der Waals surface area contributed by atoms with Gasteiger partial charge in [0.05, 0.1) is 16.8 Å². The molecule has 1 aromatic heterocycles. The van der Waals surface area contributed by atoms with E-state index in [2.05, 4.69) is 4.98 Å². The molecule has 17 heavy (non-hydrogen) atoms. The quantitative estimate of drug-likeness (QED) is 0.826. The highest BCUT2D eigenvalue weighted by Crippen LogP contribution is 2.31. The zero-order chi connectivity index (χ0) is 12.3. The van der Waals surface area contributed by atoms with E-state index in [1.165, 1.54) is 12.4 Å². The summed E-state index contributed by atoms with van der Waals surface area (Å²) < 4.78 is 5.51. The highest BCUT2D eigenvalue weighted by molar-refractivity contribution is 6.32. The average Bonchev–Trinajstić information content (AvgIpc) is 2.33. The molecule has 0 amide bonds. The van der Waals surface area contributed by atoms with Crippen LogP contribution in [0.3, 0.4) is 0 Å². The van der Waals surface area contributed by atoms with Crippen molar-refractivity contribution in [3.05, 3.63) is 47.2 Å². The van der Waals surface area contributed by atoms with E-state index in [-0.39, 0.29) is 0 Å². The average molecular weight is 246 g/mol. The molecule has 0 atom stereocenters. The molecule has 0 saturated carbocycles. The number of hydrogen-bond acceptors (Lipinski definition) is 4. The van der Waals surface area contributed by atoms with Crippen LogP contribution < -0.4 is 10.5 Å². The Bertz CT molecular complexity index is 593. The van der Waals surface area contributed by atoms with Gasteiger partial charge in [-0.2, -0.15) is 5.26 Å². The molecule has 0 aliphatic rings. The van der Waals surface area contributed by atoms with Crippen LogP contribution in [0.4, 0.5) is 5.69 Å². The first kappa shape index (κ1) is 11.2. The van der Waals surface area contributed by atoms with Crippen molar-refractivity contribution in [2.24, 2.45) is 0 Å². The van der Waals surface area contributed by atoms with Gasteiger partial charge in [-0.15, -0.1) is 0 Å². The minimum absolute atomic E-state index is 0.363. The van der Waals surface area contributed by atoms with Crippen LogP contribution in [-0.4, -0.2) is 4.98 Å². The number of nitrogens with two attached hydrogens (primary N) is 1. The summed E-state index contributed by atoms with van der Waals surface area (Å²) in [5, 5.41) is 9.29. The number of nitrogen functional groups attached to an aromatic ring is 1. The van der Waals surface area contributed by atoms with E-state index in [0.29, 0.717) is 27.8 Å². The smallest absolute Gasteiger partial charge is 0.163 e. The lowest BCUT2D eigenvalue weighted by Crippen LogP contribution is -1.91. The van der Waals surface area contributed by atoms with Gasteiger partial charge in [-0.25, -0.2) is 0 Å². The van der Waals surface area contributed by atoms with E-state index >= 15 is 0 Å². The minimum Gasteiger partial charge on any atom is -0.453 e. The van der Waals surface area contributed by atoms with Gasteiger partial charge in [0, 0.05) is 11.9 Å². The third-order valence-electron chi connectivity index (χ3n) is 2.08. The molecule has 0 saturated heterocycles. The van der Waals surface area contributed by atoms with Crippen LogP contribution >= 0.6 is 11.6 Å². The fourth-order valence-electron chi connectivity index (χ4n) is 1.27. The van der Waals surface area contributed by atoms with Crippen molar-refractivity contribution in [1.82, 2.24) is 4.98 Å². The molecule has 2 aromatic rings. The van der Waals surface area contributed by atoms with E-state index in [4.69, 9.17) is 27.3 Å². The van der Waals surface area contributed by atoms with Crippen LogP contribution in [0.2, 0.25) is 5.02 Å². The molecule has 0 aliphatic heterocycles. The Morgan fingerprint density at radius 2 is 2.12 bits per heavy atom. The second-order valence-electron chi connectivity index (χ2n) is 3.28. The normalized spacial score (nSPS) is 9.65. The number of halogens is 1. The molecule has 0 unspecified atom stereocenters. The molecule has 0 fully saturated rings. The number of hydrogen-bond donors (Lipinski definition) is 1. The molecule has 2 rings (SSSR count). The first-order chi connectivity index (χ1) is 8.20. The van der Waals surface area contributed by atoms with Crippen LogP contribution in [0.25, 0.3) is 0 Å². The summed E-state index contributed by atoms with van der Waals surface area (Å²) in [6.07, 6.45) is 2.99. The van der Waals surface area contributed by atoms with E-state index in [1.807, 2.05) is 6.07 Å². The van der Waals surface area contributed by atoms with Crippen molar-refractivity contribution >= 4 is 17.3 Å². The number of anilines is 1. The molecule has 0 aliphatic carbocycles. The largest absolute Gasteiger partial charge is 0.453 e. The lowest BCUT2D eigenvalue weighted by molar-refractivity contribution is 0.479. The Labute approximate surface area is 103 Å². The first-order valence-electron chi connectivity index (χ1n) is 4.77. The predicted octanol–water partition coefficient (Wildman–Crippen LogP) is 2.98. The number of nitriles is 1. The number of nitrogens with zero attached hydrogens (tertiary/aromatic N) is 2. The second-order valence-corrected chi connectivity index (χ2v) is 3.68. The summed E-state index contributed by atoms with van der Waals surface area (Å²) in [6.45, 7) is 0. The maximum absolute atomic E-state index is 8.90. The lowest BCUT2D eigenvalue weighted by Gasteiger charge is -2.08. The van der Waals surface area contributed by atoms with Crippen molar-refractivity contribution in [2.45, 2.75) is 0 Å². The molecule has 5 heteroatoms. The fraction of sp³-hybridized carbons (Fsp3) is 0. The minimum atomic E-state index is 0.363. The number of benzene rings is 1. The van der Waals surface area contributed by atoms with Crippen LogP contribution in [-0.2, 0) is 0 Å². The summed E-state index contributed by atoms with van der Waals surface area (Å²) in [6, 6.07) is 8.48. The third kappa shape index (κ3) is 2.47. The SMILES string of the molecule is N#Cc1ccncc1Oc1ccc(N)cc1Cl. The molecular weight excluding hydrogens is 238 g/mol. The topological polar surface area (TPSA) is 71.9 Å². The molecular formula is C12H8ClN3O. The van der Waals surface area contributed by atoms with Crippen LogP contribution in [0, 0.1) is 11.3 Å². The van der Waals surface area contributed by atoms with Gasteiger partial charge >= 0.3 is 0 Å². The second kappa shape index (κ2) is 4.73. The van der Waals surface area contributed by atoms with Crippen LogP contribution in [0.1, 0.15) is 5.56 Å². The maximum Gasteiger partial charge on any atom is 0.163 e. The maximum atomic E-state index is 8.90. The van der Waals surface area contributed by atoms with E-state index < -0.39 is 0 Å². The zero-order valence-electron chi connectivity index (χ0n) is 8.72. The zero-order valence-corrected chi connectivity index (χ0v) is 9.48. The number of pyridine rings is 1. The Kier molecular flexibility index (Phi) is 3.12. The highest BCUT2D eigenvalue weighted by atomic mass is 35.5. The van der Waals surface area contributed by atoms with Gasteiger partial charge in [0.25, 0.3) is 0 Å². The van der Waals surface area contributed by atoms with Gasteiger partial charge in [0.1, 0.15) is 11.8 Å². The van der Waals surface area contributed by atoms with Crippen molar-refractivity contribution in [2.75, 3.05) is 5.73 Å². The molecule has 1 aromatic carbocycles. The van der Waals surface area contributed by atoms with Crippen molar-refractivity contribution in [1.29, 1.82) is 5.26 Å². The lowest BCUT2D eigenvalue weighted by atomic mass is 10.2.